The van der Waals surface area contributed by atoms with Gasteiger partial charge in [0.05, 0.1) is 0 Å². The number of halogens is 2. The van der Waals surface area contributed by atoms with Crippen molar-refractivity contribution < 1.29 is 20.6 Å². The van der Waals surface area contributed by atoms with Crippen molar-refractivity contribution in [3.8, 4) is 0 Å². The molecule has 0 unspecified atom stereocenters. The normalized spacial score (nSPS) is 15.1. The summed E-state index contributed by atoms with van der Waals surface area (Å²) in [6.07, 6.45) is 11.9. The third-order valence-electron chi connectivity index (χ3n) is 5.54. The molecule has 28 heavy (non-hydrogen) atoms. The second-order valence-corrected chi connectivity index (χ2v) is 27.7. The Morgan fingerprint density at radius 1 is 0.643 bits per heavy atom. The van der Waals surface area contributed by atoms with E-state index in [0.717, 1.165) is 0 Å². The van der Waals surface area contributed by atoms with E-state index in [1.807, 2.05) is 6.66 Å². The molecule has 0 atom stereocenters. The third kappa shape index (κ3) is 4.79. The molecular formula is C24H27Cl2HfSi. The Balaban J connectivity index is 0.00000140. The Hall–Kier alpha value is -0.933. The van der Waals surface area contributed by atoms with Gasteiger partial charge in [-0.15, -0.1) is 24.8 Å². The summed E-state index contributed by atoms with van der Waals surface area (Å²) < 4.78 is 3.72. The molecule has 0 bridgehead atoms. The number of benzene rings is 2. The molecule has 4 rings (SSSR count). The van der Waals surface area contributed by atoms with Crippen LogP contribution in [0.5, 0.6) is 0 Å². The predicted octanol–water partition coefficient (Wildman–Crippen LogP) is 5.45. The predicted molar refractivity (Wildman–Crippen MR) is 127 cm³/mol. The first-order chi connectivity index (χ1) is 12.8. The van der Waals surface area contributed by atoms with E-state index >= 15 is 0 Å². The summed E-state index contributed by atoms with van der Waals surface area (Å²) >= 11 is -2.21. The zero-order valence-corrected chi connectivity index (χ0v) is 22.8. The Labute approximate surface area is 190 Å². The minimum absolute atomic E-state index is 0. The second kappa shape index (κ2) is 10.7. The van der Waals surface area contributed by atoms with E-state index in [1.54, 1.807) is 21.5 Å². The van der Waals surface area contributed by atoms with Crippen molar-refractivity contribution in [3.05, 3.63) is 103 Å². The van der Waals surface area contributed by atoms with Crippen LogP contribution in [0.1, 0.15) is 26.7 Å². The van der Waals surface area contributed by atoms with Gasteiger partial charge >= 0.3 is 166 Å². The second-order valence-electron chi connectivity index (χ2n) is 7.20. The molecular weight excluding hydrogens is 566 g/mol. The Bertz CT molecular complexity index is 839. The van der Waals surface area contributed by atoms with Crippen molar-refractivity contribution in [1.29, 1.82) is 0 Å². The molecule has 0 saturated heterocycles. The van der Waals surface area contributed by atoms with Gasteiger partial charge in [-0.25, -0.2) is 0 Å². The molecule has 2 aliphatic carbocycles. The van der Waals surface area contributed by atoms with Crippen LogP contribution in [0.25, 0.3) is 0 Å². The van der Waals surface area contributed by atoms with Crippen LogP contribution in [0.2, 0.25) is 0 Å². The van der Waals surface area contributed by atoms with Crippen LogP contribution < -0.4 is 10.4 Å². The van der Waals surface area contributed by atoms with Gasteiger partial charge in [-0.3, -0.25) is 0 Å². The first-order valence-corrected chi connectivity index (χ1v) is 21.0. The van der Waals surface area contributed by atoms with E-state index in [0.29, 0.717) is 0 Å². The summed E-state index contributed by atoms with van der Waals surface area (Å²) in [5.41, 5.74) is 3.15. The van der Waals surface area contributed by atoms with Gasteiger partial charge in [0.1, 0.15) is 0 Å². The van der Waals surface area contributed by atoms with Gasteiger partial charge in [-0.1, -0.05) is 0 Å². The molecule has 2 aliphatic rings. The van der Waals surface area contributed by atoms with Gasteiger partial charge in [0, 0.05) is 0 Å². The number of allylic oxidation sites excluding steroid dienone is 8. The maximum atomic E-state index is 2.41. The van der Waals surface area contributed by atoms with E-state index < -0.39 is 26.6 Å². The third-order valence-corrected chi connectivity index (χ3v) is 36.3. The van der Waals surface area contributed by atoms with Crippen molar-refractivity contribution in [3.63, 3.8) is 0 Å². The molecule has 0 nitrogen and oxygen atoms in total. The molecule has 0 saturated carbocycles. The van der Waals surface area contributed by atoms with Gasteiger partial charge in [0.2, 0.25) is 0 Å². The molecule has 145 valence electrons. The molecule has 0 amide bonds. The van der Waals surface area contributed by atoms with Gasteiger partial charge < -0.3 is 0 Å². The maximum Gasteiger partial charge on any atom is -0.147 e. The van der Waals surface area contributed by atoms with Gasteiger partial charge in [0.25, 0.3) is 0 Å². The van der Waals surface area contributed by atoms with Crippen molar-refractivity contribution in [2.45, 2.75) is 26.7 Å². The van der Waals surface area contributed by atoms with E-state index in [4.69, 9.17) is 0 Å². The summed E-state index contributed by atoms with van der Waals surface area (Å²) in [6, 6.07) is 22.9. The summed E-state index contributed by atoms with van der Waals surface area (Å²) in [4.78, 5) is 0. The van der Waals surface area contributed by atoms with Crippen LogP contribution in [0.15, 0.2) is 103 Å². The molecule has 0 heterocycles. The molecule has 4 heteroatoms. The Kier molecular flexibility index (Phi) is 8.95. The van der Waals surface area contributed by atoms with Crippen LogP contribution in [0.4, 0.5) is 0 Å². The molecule has 2 aromatic rings. The standard InChI is InChI=1S/C12H11Si.2C6H7.2ClH.Hf/c1-3-7-11(8-4-1)13-12-9-5-2-6-10-12;2*1-6-4-2-3-5-6;;;/h1-10,13H;2*2,4H,3H2,1H3;2*1H;. The van der Waals surface area contributed by atoms with Gasteiger partial charge in [0.15, 0.2) is 0 Å². The summed E-state index contributed by atoms with van der Waals surface area (Å²) in [6.45, 7) is 4.70. The minimum Gasteiger partial charge on any atom is -0.147 e. The van der Waals surface area contributed by atoms with Crippen molar-refractivity contribution in [2.75, 3.05) is 0 Å². The van der Waals surface area contributed by atoms with E-state index in [9.17, 15) is 0 Å². The fourth-order valence-corrected chi connectivity index (χ4v) is 39.1. The SMILES string of the molecule is CC1=[C]([Hf]([C]2=C(C)C=CC2)[SiH](c2ccccc2)c2ccccc2)CC=C1.Cl.Cl. The molecule has 0 radical (unpaired) electrons. The van der Waals surface area contributed by atoms with Crippen molar-refractivity contribution in [1.82, 2.24) is 0 Å². The number of rotatable bonds is 5. The summed E-state index contributed by atoms with van der Waals surface area (Å²) in [5, 5.41) is 3.28. The van der Waals surface area contributed by atoms with E-state index in [-0.39, 0.29) is 24.8 Å². The Morgan fingerprint density at radius 3 is 1.36 bits per heavy atom. The van der Waals surface area contributed by atoms with Crippen LogP contribution in [0.3, 0.4) is 0 Å². The quantitative estimate of drug-likeness (QED) is 0.405. The average molecular weight is 593 g/mol. The van der Waals surface area contributed by atoms with Gasteiger partial charge in [-0.2, -0.15) is 0 Å². The monoisotopic (exact) mass is 593 g/mol. The first-order valence-electron chi connectivity index (χ1n) is 9.46. The zero-order valence-electron chi connectivity index (χ0n) is 16.4. The summed E-state index contributed by atoms with van der Waals surface area (Å²) in [7, 11) is 0. The topological polar surface area (TPSA) is 0 Å². The first kappa shape index (κ1) is 23.3. The fraction of sp³-hybridized carbons (Fsp3) is 0.167. The molecule has 2 aromatic carbocycles. The van der Waals surface area contributed by atoms with Crippen LogP contribution >= 0.6 is 24.8 Å². The van der Waals surface area contributed by atoms with Crippen molar-refractivity contribution in [2.24, 2.45) is 0 Å². The minimum atomic E-state index is -2.21. The number of hydrogen-bond donors (Lipinski definition) is 0. The molecule has 0 spiro atoms. The van der Waals surface area contributed by atoms with E-state index in [1.165, 1.54) is 12.8 Å². The fourth-order valence-electron chi connectivity index (χ4n) is 4.22. The van der Waals surface area contributed by atoms with Crippen LogP contribution in [-0.2, 0) is 20.6 Å². The maximum absolute atomic E-state index is 2.41. The number of hydrogen-bond acceptors (Lipinski definition) is 0. The zero-order chi connectivity index (χ0) is 17.9. The molecule has 0 fully saturated rings. The molecule has 0 N–H and O–H groups in total. The molecule has 0 aromatic heterocycles. The van der Waals surface area contributed by atoms with Crippen LogP contribution in [0, 0.1) is 0 Å². The van der Waals surface area contributed by atoms with Gasteiger partial charge in [-0.05, 0) is 0 Å². The smallest absolute Gasteiger partial charge is 0.147 e. The molecule has 0 aliphatic heterocycles. The summed E-state index contributed by atoms with van der Waals surface area (Å²) in [5.74, 6) is -1.23. The average Bonchev–Trinajstić information content (AvgIpc) is 3.29. The van der Waals surface area contributed by atoms with Crippen LogP contribution in [-0.4, -0.2) is 5.98 Å². The Morgan fingerprint density at radius 2 is 1.04 bits per heavy atom. The van der Waals surface area contributed by atoms with E-state index in [2.05, 4.69) is 98.8 Å². The largest absolute Gasteiger partial charge is 0.147 e. The van der Waals surface area contributed by atoms with Crippen molar-refractivity contribution >= 4 is 41.2 Å².